The number of unbranched alkanes of at least 4 members (excludes halogenated alkanes) is 1. The molecule has 194 valence electrons. The summed E-state index contributed by atoms with van der Waals surface area (Å²) in [5.74, 6) is 0.0566. The summed E-state index contributed by atoms with van der Waals surface area (Å²) in [7, 11) is 1.35. The van der Waals surface area contributed by atoms with E-state index in [0.29, 0.717) is 23.4 Å². The molecule has 7 heteroatoms. The van der Waals surface area contributed by atoms with Gasteiger partial charge in [-0.3, -0.25) is 9.69 Å². The predicted molar refractivity (Wildman–Crippen MR) is 147 cm³/mol. The average molecular weight is 502 g/mol. The number of rotatable bonds is 10. The van der Waals surface area contributed by atoms with Crippen LogP contribution >= 0.6 is 0 Å². The molecule has 1 aliphatic heterocycles. The molecule has 1 aliphatic rings. The van der Waals surface area contributed by atoms with Gasteiger partial charge in [-0.1, -0.05) is 43.7 Å². The van der Waals surface area contributed by atoms with Gasteiger partial charge < -0.3 is 19.7 Å². The molecule has 3 aromatic rings. The number of anilines is 2. The van der Waals surface area contributed by atoms with E-state index in [1.165, 1.54) is 12.7 Å². The number of piperazine rings is 1. The van der Waals surface area contributed by atoms with E-state index in [0.717, 1.165) is 57.0 Å². The first-order valence-corrected chi connectivity index (χ1v) is 12.8. The van der Waals surface area contributed by atoms with Gasteiger partial charge in [-0.15, -0.1) is 0 Å². The molecule has 3 aromatic carbocycles. The first-order chi connectivity index (χ1) is 18.1. The van der Waals surface area contributed by atoms with Gasteiger partial charge in [0.2, 0.25) is 0 Å². The van der Waals surface area contributed by atoms with Crippen LogP contribution < -0.4 is 15.0 Å². The molecule has 0 unspecified atom stereocenters. The van der Waals surface area contributed by atoms with E-state index < -0.39 is 5.97 Å². The van der Waals surface area contributed by atoms with Crippen LogP contribution in [0.3, 0.4) is 0 Å². The largest absolute Gasteiger partial charge is 0.494 e. The summed E-state index contributed by atoms with van der Waals surface area (Å²) in [6.07, 6.45) is 2.05. The lowest BCUT2D eigenvalue weighted by atomic mass is 10.1. The minimum atomic E-state index is -0.441. The maximum atomic E-state index is 13.1. The Hall–Kier alpha value is -3.84. The second-order valence-electron chi connectivity index (χ2n) is 9.15. The van der Waals surface area contributed by atoms with Crippen molar-refractivity contribution >= 4 is 23.3 Å². The molecule has 1 heterocycles. The summed E-state index contributed by atoms with van der Waals surface area (Å²) in [4.78, 5) is 30.0. The highest BCUT2D eigenvalue weighted by Gasteiger charge is 2.22. The van der Waals surface area contributed by atoms with Crippen molar-refractivity contribution in [1.82, 2.24) is 4.90 Å². The SMILES string of the molecule is CCCCOc1ccc(C(=O)Nc2cc(C(=O)OC)ccc2N2CCN(Cc3ccccc3)CC2)cc1. The zero-order valence-corrected chi connectivity index (χ0v) is 21.6. The third-order valence-corrected chi connectivity index (χ3v) is 6.51. The van der Waals surface area contributed by atoms with Crippen LogP contribution in [0.2, 0.25) is 0 Å². The molecule has 0 aliphatic carbocycles. The Balaban J connectivity index is 1.46. The number of carbonyl (C=O) groups is 2. The van der Waals surface area contributed by atoms with E-state index >= 15 is 0 Å². The number of nitrogens with zero attached hydrogens (tertiary/aromatic N) is 2. The van der Waals surface area contributed by atoms with E-state index in [4.69, 9.17) is 9.47 Å². The number of hydrogen-bond acceptors (Lipinski definition) is 6. The fraction of sp³-hybridized carbons (Fsp3) is 0.333. The molecule has 1 fully saturated rings. The van der Waals surface area contributed by atoms with Crippen LogP contribution in [0.4, 0.5) is 11.4 Å². The van der Waals surface area contributed by atoms with Crippen molar-refractivity contribution in [2.45, 2.75) is 26.3 Å². The predicted octanol–water partition coefficient (Wildman–Crippen LogP) is 5.23. The Labute approximate surface area is 219 Å². The van der Waals surface area contributed by atoms with Crippen molar-refractivity contribution in [2.75, 3.05) is 50.1 Å². The number of benzene rings is 3. The molecule has 4 rings (SSSR count). The second kappa shape index (κ2) is 12.9. The first kappa shape index (κ1) is 26.2. The van der Waals surface area contributed by atoms with Crippen molar-refractivity contribution in [3.63, 3.8) is 0 Å². The molecule has 1 N–H and O–H groups in total. The highest BCUT2D eigenvalue weighted by atomic mass is 16.5. The monoisotopic (exact) mass is 501 g/mol. The fourth-order valence-electron chi connectivity index (χ4n) is 4.38. The maximum Gasteiger partial charge on any atom is 0.337 e. The molecule has 0 bridgehead atoms. The molecule has 0 saturated carbocycles. The Morgan fingerprint density at radius 1 is 0.892 bits per heavy atom. The van der Waals surface area contributed by atoms with Gasteiger partial charge in [0.15, 0.2) is 0 Å². The molecule has 0 spiro atoms. The summed E-state index contributed by atoms with van der Waals surface area (Å²) in [6.45, 7) is 7.13. The molecular formula is C30H35N3O4. The lowest BCUT2D eigenvalue weighted by Gasteiger charge is -2.37. The molecular weight excluding hydrogens is 466 g/mol. The van der Waals surface area contributed by atoms with Gasteiger partial charge in [-0.25, -0.2) is 4.79 Å². The summed E-state index contributed by atoms with van der Waals surface area (Å²) in [6, 6.07) is 22.9. The van der Waals surface area contributed by atoms with Gasteiger partial charge >= 0.3 is 5.97 Å². The van der Waals surface area contributed by atoms with Gasteiger partial charge in [0.25, 0.3) is 5.91 Å². The minimum absolute atomic E-state index is 0.244. The molecule has 1 saturated heterocycles. The summed E-state index contributed by atoms with van der Waals surface area (Å²) in [5, 5.41) is 3.02. The van der Waals surface area contributed by atoms with Crippen LogP contribution in [0.15, 0.2) is 72.8 Å². The van der Waals surface area contributed by atoms with E-state index in [1.54, 1.807) is 24.3 Å². The molecule has 7 nitrogen and oxygen atoms in total. The Morgan fingerprint density at radius 2 is 1.59 bits per heavy atom. The number of ether oxygens (including phenoxy) is 2. The van der Waals surface area contributed by atoms with Crippen molar-refractivity contribution in [2.24, 2.45) is 0 Å². The fourth-order valence-corrected chi connectivity index (χ4v) is 4.38. The van der Waals surface area contributed by atoms with Crippen molar-refractivity contribution in [1.29, 1.82) is 0 Å². The standard InChI is InChI=1S/C30H35N3O4/c1-3-4-20-37-26-13-10-24(11-14-26)29(34)31-27-21-25(30(35)36-2)12-15-28(27)33-18-16-32(17-19-33)22-23-8-6-5-7-9-23/h5-15,21H,3-4,16-20,22H2,1-2H3,(H,31,34). The average Bonchev–Trinajstić information content (AvgIpc) is 2.94. The van der Waals surface area contributed by atoms with Gasteiger partial charge in [0.1, 0.15) is 5.75 Å². The first-order valence-electron chi connectivity index (χ1n) is 12.8. The Kier molecular flexibility index (Phi) is 9.16. The van der Waals surface area contributed by atoms with E-state index in [1.807, 2.05) is 24.3 Å². The molecule has 0 radical (unpaired) electrons. The lowest BCUT2D eigenvalue weighted by Crippen LogP contribution is -2.46. The van der Waals surface area contributed by atoms with E-state index in [9.17, 15) is 9.59 Å². The summed E-state index contributed by atoms with van der Waals surface area (Å²) in [5.41, 5.74) is 3.69. The van der Waals surface area contributed by atoms with Gasteiger partial charge in [-0.05, 0) is 54.4 Å². The molecule has 37 heavy (non-hydrogen) atoms. The van der Waals surface area contributed by atoms with Crippen LogP contribution in [-0.2, 0) is 11.3 Å². The van der Waals surface area contributed by atoms with Crippen molar-refractivity contribution < 1.29 is 19.1 Å². The van der Waals surface area contributed by atoms with Crippen LogP contribution in [0.5, 0.6) is 5.75 Å². The lowest BCUT2D eigenvalue weighted by molar-refractivity contribution is 0.0600. The van der Waals surface area contributed by atoms with Crippen LogP contribution in [0, 0.1) is 0 Å². The highest BCUT2D eigenvalue weighted by Crippen LogP contribution is 2.29. The Morgan fingerprint density at radius 3 is 2.27 bits per heavy atom. The van der Waals surface area contributed by atoms with E-state index in [-0.39, 0.29) is 5.91 Å². The minimum Gasteiger partial charge on any atom is -0.494 e. The van der Waals surface area contributed by atoms with Crippen LogP contribution in [-0.4, -0.2) is 56.7 Å². The van der Waals surface area contributed by atoms with Crippen LogP contribution in [0.25, 0.3) is 0 Å². The van der Waals surface area contributed by atoms with Crippen molar-refractivity contribution in [3.05, 3.63) is 89.5 Å². The zero-order valence-electron chi connectivity index (χ0n) is 21.6. The smallest absolute Gasteiger partial charge is 0.337 e. The topological polar surface area (TPSA) is 71.1 Å². The summed E-state index contributed by atoms with van der Waals surface area (Å²) >= 11 is 0. The van der Waals surface area contributed by atoms with Gasteiger partial charge in [0, 0.05) is 38.3 Å². The second-order valence-corrected chi connectivity index (χ2v) is 9.15. The van der Waals surface area contributed by atoms with Crippen molar-refractivity contribution in [3.8, 4) is 5.75 Å². The maximum absolute atomic E-state index is 13.1. The number of carbonyl (C=O) groups excluding carboxylic acids is 2. The summed E-state index contributed by atoms with van der Waals surface area (Å²) < 4.78 is 10.6. The number of nitrogens with one attached hydrogen (secondary N) is 1. The zero-order chi connectivity index (χ0) is 26.0. The number of amides is 1. The highest BCUT2D eigenvalue weighted by molar-refractivity contribution is 6.07. The number of methoxy groups -OCH3 is 1. The number of hydrogen-bond donors (Lipinski definition) is 1. The third-order valence-electron chi connectivity index (χ3n) is 6.51. The number of esters is 1. The molecule has 0 atom stereocenters. The Bertz CT molecular complexity index is 1170. The molecule has 0 aromatic heterocycles. The molecule has 1 amide bonds. The third kappa shape index (κ3) is 7.11. The van der Waals surface area contributed by atoms with Crippen LogP contribution in [0.1, 0.15) is 46.0 Å². The van der Waals surface area contributed by atoms with Gasteiger partial charge in [0.05, 0.1) is 30.7 Å². The quantitative estimate of drug-likeness (QED) is 0.303. The normalized spacial score (nSPS) is 13.7. The van der Waals surface area contributed by atoms with Gasteiger partial charge in [-0.2, -0.15) is 0 Å². The van der Waals surface area contributed by atoms with E-state index in [2.05, 4.69) is 46.3 Å².